The molecule has 10 heavy (non-hydrogen) atoms. The Balaban J connectivity index is 2.19. The van der Waals surface area contributed by atoms with Crippen molar-refractivity contribution in [3.05, 3.63) is 0 Å². The molecule has 0 spiro atoms. The van der Waals surface area contributed by atoms with Gasteiger partial charge in [0.1, 0.15) is 6.67 Å². The van der Waals surface area contributed by atoms with Crippen LogP contribution in [0.4, 0.5) is 0 Å². The van der Waals surface area contributed by atoms with E-state index < -0.39 is 0 Å². The second-order valence-electron chi connectivity index (χ2n) is 2.14. The predicted octanol–water partition coefficient (Wildman–Crippen LogP) is 0.0288. The van der Waals surface area contributed by atoms with Gasteiger partial charge in [0.2, 0.25) is 0 Å². The molecule has 0 amide bonds. The van der Waals surface area contributed by atoms with E-state index in [-0.39, 0.29) is 0 Å². The van der Waals surface area contributed by atoms with E-state index in [1.54, 1.807) is 0 Å². The van der Waals surface area contributed by atoms with Crippen LogP contribution in [0.1, 0.15) is 0 Å². The minimum atomic E-state index is 0.590. The van der Waals surface area contributed by atoms with Crippen molar-refractivity contribution >= 4 is 6.01 Å². The number of morpholine rings is 1. The molecular weight excluding hydrogens is 130 g/mol. The third kappa shape index (κ3) is 2.27. The molecule has 56 valence electrons. The normalized spacial score (nSPS) is 20.0. The number of aliphatic imine (C=N–C) groups is 1. The van der Waals surface area contributed by atoms with E-state index in [4.69, 9.17) is 10.1 Å². The summed E-state index contributed by atoms with van der Waals surface area (Å²) in [4.78, 5) is 5.81. The lowest BCUT2D eigenvalue weighted by molar-refractivity contribution is 0.0395. The molecule has 4 nitrogen and oxygen atoms in total. The van der Waals surface area contributed by atoms with Crippen LogP contribution in [0, 0.1) is 5.41 Å². The van der Waals surface area contributed by atoms with E-state index in [0.29, 0.717) is 6.67 Å². The first-order valence-corrected chi connectivity index (χ1v) is 3.32. The van der Waals surface area contributed by atoms with Gasteiger partial charge in [-0.15, -0.1) is 0 Å². The van der Waals surface area contributed by atoms with Gasteiger partial charge in [-0.25, -0.2) is 10.4 Å². The Morgan fingerprint density at radius 1 is 1.50 bits per heavy atom. The van der Waals surface area contributed by atoms with E-state index >= 15 is 0 Å². The molecule has 1 N–H and O–H groups in total. The van der Waals surface area contributed by atoms with Gasteiger partial charge in [0.15, 0.2) is 0 Å². The third-order valence-electron chi connectivity index (χ3n) is 1.45. The maximum absolute atomic E-state index is 6.55. The Morgan fingerprint density at radius 3 is 2.80 bits per heavy atom. The van der Waals surface area contributed by atoms with Gasteiger partial charge in [0, 0.05) is 13.1 Å². The van der Waals surface area contributed by atoms with Crippen molar-refractivity contribution in [1.82, 2.24) is 4.90 Å². The van der Waals surface area contributed by atoms with Crippen LogP contribution in [0.5, 0.6) is 0 Å². The number of ether oxygens (including phenoxy) is 1. The highest BCUT2D eigenvalue weighted by Crippen LogP contribution is 1.94. The molecule has 1 fully saturated rings. The zero-order chi connectivity index (χ0) is 7.23. The summed E-state index contributed by atoms with van der Waals surface area (Å²) in [7, 11) is 0. The lowest BCUT2D eigenvalue weighted by Gasteiger charge is -2.23. The maximum atomic E-state index is 6.55. The molecule has 0 aromatic rings. The quantitative estimate of drug-likeness (QED) is 0.551. The fourth-order valence-electron chi connectivity index (χ4n) is 0.878. The van der Waals surface area contributed by atoms with E-state index in [1.807, 2.05) is 6.01 Å². The van der Waals surface area contributed by atoms with Crippen molar-refractivity contribution in [2.24, 2.45) is 4.99 Å². The molecule has 0 radical (unpaired) electrons. The van der Waals surface area contributed by atoms with Gasteiger partial charge in [-0.05, 0) is 0 Å². The summed E-state index contributed by atoms with van der Waals surface area (Å²) >= 11 is 0. The van der Waals surface area contributed by atoms with Crippen LogP contribution in [0.2, 0.25) is 0 Å². The first-order valence-electron chi connectivity index (χ1n) is 3.32. The van der Waals surface area contributed by atoms with Crippen LogP contribution >= 0.6 is 0 Å². The summed E-state index contributed by atoms with van der Waals surface area (Å²) in [5.41, 5.74) is 0. The van der Waals surface area contributed by atoms with Crippen molar-refractivity contribution in [3.63, 3.8) is 0 Å². The monoisotopic (exact) mass is 141 g/mol. The summed E-state index contributed by atoms with van der Waals surface area (Å²) in [5.74, 6) is 0. The third-order valence-corrected chi connectivity index (χ3v) is 1.45. The van der Waals surface area contributed by atoms with Crippen molar-refractivity contribution in [2.75, 3.05) is 33.0 Å². The van der Waals surface area contributed by atoms with Crippen molar-refractivity contribution < 1.29 is 4.74 Å². The fraction of sp³-hybridized carbons (Fsp3) is 0.833. The van der Waals surface area contributed by atoms with Crippen molar-refractivity contribution in [2.45, 2.75) is 0 Å². The molecule has 0 saturated carbocycles. The minimum absolute atomic E-state index is 0.590. The average Bonchev–Trinajstić information content (AvgIpc) is 2.03. The molecule has 0 aromatic heterocycles. The topological polar surface area (TPSA) is 48.7 Å². The van der Waals surface area contributed by atoms with Crippen molar-refractivity contribution in [1.29, 1.82) is 5.41 Å². The Morgan fingerprint density at radius 2 is 2.20 bits per heavy atom. The molecular formula is C6H11N3O. The minimum Gasteiger partial charge on any atom is -0.379 e. The first kappa shape index (κ1) is 7.41. The maximum Gasteiger partial charge on any atom is 0.102 e. The largest absolute Gasteiger partial charge is 0.379 e. The molecule has 4 heteroatoms. The highest BCUT2D eigenvalue weighted by molar-refractivity contribution is 5.35. The average molecular weight is 141 g/mol. The van der Waals surface area contributed by atoms with Gasteiger partial charge in [-0.1, -0.05) is 0 Å². The predicted molar refractivity (Wildman–Crippen MR) is 37.4 cm³/mol. The SMILES string of the molecule is N=C=NCN1CCOCC1. The summed E-state index contributed by atoms with van der Waals surface area (Å²) < 4.78 is 5.13. The van der Waals surface area contributed by atoms with E-state index in [1.165, 1.54) is 0 Å². The highest BCUT2D eigenvalue weighted by atomic mass is 16.5. The Kier molecular flexibility index (Phi) is 3.09. The molecule has 1 aliphatic rings. The van der Waals surface area contributed by atoms with Gasteiger partial charge in [0.05, 0.1) is 19.2 Å². The highest BCUT2D eigenvalue weighted by Gasteiger charge is 2.07. The zero-order valence-corrected chi connectivity index (χ0v) is 5.84. The van der Waals surface area contributed by atoms with Gasteiger partial charge in [-0.3, -0.25) is 4.90 Å². The molecule has 1 saturated heterocycles. The number of nitrogens with one attached hydrogen (secondary N) is 1. The van der Waals surface area contributed by atoms with Gasteiger partial charge >= 0.3 is 0 Å². The van der Waals surface area contributed by atoms with Crippen LogP contribution in [0.25, 0.3) is 0 Å². The summed E-state index contributed by atoms with van der Waals surface area (Å²) in [5, 5.41) is 6.55. The molecule has 1 aliphatic heterocycles. The van der Waals surface area contributed by atoms with E-state index in [2.05, 4.69) is 9.89 Å². The van der Waals surface area contributed by atoms with Gasteiger partial charge in [-0.2, -0.15) is 0 Å². The van der Waals surface area contributed by atoms with Crippen LogP contribution in [-0.2, 0) is 4.74 Å². The molecule has 1 heterocycles. The van der Waals surface area contributed by atoms with Crippen LogP contribution < -0.4 is 0 Å². The molecule has 1 rings (SSSR count). The van der Waals surface area contributed by atoms with Crippen molar-refractivity contribution in [3.8, 4) is 0 Å². The summed E-state index contributed by atoms with van der Waals surface area (Å²) in [6, 6.07) is 2.01. The zero-order valence-electron chi connectivity index (χ0n) is 5.84. The van der Waals surface area contributed by atoms with Gasteiger partial charge in [0.25, 0.3) is 0 Å². The molecule has 0 aliphatic carbocycles. The van der Waals surface area contributed by atoms with Gasteiger partial charge < -0.3 is 4.74 Å². The molecule has 0 aromatic carbocycles. The Bertz CT molecular complexity index is 136. The lowest BCUT2D eigenvalue weighted by atomic mass is 10.5. The molecule has 0 bridgehead atoms. The lowest BCUT2D eigenvalue weighted by Crippen LogP contribution is -2.36. The van der Waals surface area contributed by atoms with Crippen LogP contribution in [-0.4, -0.2) is 43.9 Å². The van der Waals surface area contributed by atoms with E-state index in [9.17, 15) is 0 Å². The number of rotatable bonds is 2. The second kappa shape index (κ2) is 4.17. The Labute approximate surface area is 60.0 Å². The second-order valence-corrected chi connectivity index (χ2v) is 2.14. The fourth-order valence-corrected chi connectivity index (χ4v) is 0.878. The number of hydrogen-bond donors (Lipinski definition) is 1. The number of nitrogens with zero attached hydrogens (tertiary/aromatic N) is 2. The smallest absolute Gasteiger partial charge is 0.102 e. The first-order chi connectivity index (χ1) is 4.93. The van der Waals surface area contributed by atoms with E-state index in [0.717, 1.165) is 26.3 Å². The molecule has 0 atom stereocenters. The number of hydrogen-bond acceptors (Lipinski definition) is 4. The van der Waals surface area contributed by atoms with Crippen LogP contribution in [0.3, 0.4) is 0 Å². The molecule has 0 unspecified atom stereocenters. The van der Waals surface area contributed by atoms with Crippen LogP contribution in [0.15, 0.2) is 4.99 Å². The Hall–Kier alpha value is -0.700. The summed E-state index contributed by atoms with van der Waals surface area (Å²) in [6.45, 7) is 4.00. The standard InChI is InChI=1S/C6H11N3O/c7-5-8-6-9-1-3-10-4-2-9/h7H,1-4,6H2. The summed E-state index contributed by atoms with van der Waals surface area (Å²) in [6.07, 6.45) is 0.